The molecule has 38 heavy (non-hydrogen) atoms. The number of fused-ring (bicyclic) bond motifs is 2. The van der Waals surface area contributed by atoms with E-state index in [2.05, 4.69) is 15.2 Å². The van der Waals surface area contributed by atoms with Gasteiger partial charge < -0.3 is 26.0 Å². The van der Waals surface area contributed by atoms with Gasteiger partial charge in [-0.3, -0.25) is 24.3 Å². The second-order valence-corrected chi connectivity index (χ2v) is 10.7. The number of hydrogen-bond donors (Lipinski definition) is 4. The maximum Gasteiger partial charge on any atom is 0.306 e. The molecule has 0 radical (unpaired) electrons. The molecule has 10 nitrogen and oxygen atoms in total. The number of rotatable bonds is 7. The summed E-state index contributed by atoms with van der Waals surface area (Å²) in [6, 6.07) is 12.5. The Kier molecular flexibility index (Phi) is 7.24. The number of aromatic nitrogens is 1. The van der Waals surface area contributed by atoms with E-state index in [0.717, 1.165) is 28.2 Å². The Hall–Kier alpha value is -3.67. The number of carboxylic acid groups (broad SMARTS) is 1. The maximum absolute atomic E-state index is 12.4. The fraction of sp³-hybridized carbons (Fsp3) is 0.333. The summed E-state index contributed by atoms with van der Waals surface area (Å²) in [6.07, 6.45) is 1.61. The molecule has 3 heterocycles. The second kappa shape index (κ2) is 10.6. The van der Waals surface area contributed by atoms with E-state index in [-0.39, 0.29) is 12.6 Å². The van der Waals surface area contributed by atoms with Crippen molar-refractivity contribution < 1.29 is 29.3 Å². The molecule has 2 amide bonds. The lowest BCUT2D eigenvalue weighted by atomic mass is 9.86. The molecular formula is C27H28N4O6S. The van der Waals surface area contributed by atoms with E-state index >= 15 is 0 Å². The SMILES string of the molecule is COc1ccc2nccc(C(O)CN3CCC(C(=O)O)C[C@H]3c3ccc4c(c3)NC(=O)C(C(N)=O)S4)c2c1. The lowest BCUT2D eigenvalue weighted by molar-refractivity contribution is -0.144. The average Bonchev–Trinajstić information content (AvgIpc) is 2.91. The molecular weight excluding hydrogens is 508 g/mol. The lowest BCUT2D eigenvalue weighted by Crippen LogP contribution is -2.41. The zero-order valence-electron chi connectivity index (χ0n) is 20.7. The third-order valence-electron chi connectivity index (χ3n) is 7.20. The first-order valence-corrected chi connectivity index (χ1v) is 13.1. The van der Waals surface area contributed by atoms with E-state index in [9.17, 15) is 24.6 Å². The number of carbonyl (C=O) groups excluding carboxylic acids is 2. The molecule has 0 spiro atoms. The number of aliphatic hydroxyl groups is 1. The number of nitrogens with two attached hydrogens (primary N) is 1. The minimum Gasteiger partial charge on any atom is -0.497 e. The van der Waals surface area contributed by atoms with Crippen molar-refractivity contribution in [3.05, 3.63) is 59.8 Å². The van der Waals surface area contributed by atoms with Gasteiger partial charge in [-0.25, -0.2) is 0 Å². The third-order valence-corrected chi connectivity index (χ3v) is 8.49. The highest BCUT2D eigenvalue weighted by Gasteiger charge is 2.36. The van der Waals surface area contributed by atoms with Gasteiger partial charge in [-0.1, -0.05) is 6.07 Å². The summed E-state index contributed by atoms with van der Waals surface area (Å²) >= 11 is 1.10. The van der Waals surface area contributed by atoms with E-state index < -0.39 is 35.1 Å². The first-order chi connectivity index (χ1) is 18.2. The smallest absolute Gasteiger partial charge is 0.306 e. The molecule has 5 rings (SSSR count). The van der Waals surface area contributed by atoms with Gasteiger partial charge in [-0.2, -0.15) is 0 Å². The summed E-state index contributed by atoms with van der Waals surface area (Å²) in [5, 5.41) is 23.6. The number of piperidine rings is 1. The lowest BCUT2D eigenvalue weighted by Gasteiger charge is -2.40. The van der Waals surface area contributed by atoms with Crippen molar-refractivity contribution in [2.24, 2.45) is 11.7 Å². The molecule has 2 aromatic carbocycles. The number of benzene rings is 2. The first-order valence-electron chi connectivity index (χ1n) is 12.2. The normalized spacial score (nSPS) is 22.4. The molecule has 4 atom stereocenters. The predicted molar refractivity (Wildman–Crippen MR) is 142 cm³/mol. The van der Waals surface area contributed by atoms with E-state index in [1.54, 1.807) is 19.4 Å². The second-order valence-electron chi connectivity index (χ2n) is 9.51. The van der Waals surface area contributed by atoms with Gasteiger partial charge in [0.25, 0.3) is 0 Å². The van der Waals surface area contributed by atoms with Crippen molar-refractivity contribution in [3.8, 4) is 5.75 Å². The number of primary amides is 1. The number of methoxy groups -OCH3 is 1. The van der Waals surface area contributed by atoms with Crippen LogP contribution in [-0.2, 0) is 14.4 Å². The summed E-state index contributed by atoms with van der Waals surface area (Å²) in [4.78, 5) is 43.1. The van der Waals surface area contributed by atoms with Crippen molar-refractivity contribution in [1.82, 2.24) is 9.88 Å². The Morgan fingerprint density at radius 2 is 2.08 bits per heavy atom. The standard InChI is InChI=1S/C27H28N4O6S/c1-37-16-3-4-19-18(12-16)17(6-8-29-19)22(32)13-31-9-7-15(27(35)36)11-21(31)14-2-5-23-20(10-14)30-26(34)24(38-23)25(28)33/h2-6,8,10,12,15,21-22,24,32H,7,9,11,13H2,1H3,(H2,28,33)(H,30,34)(H,35,36)/t15?,21-,22?,24?/m0/s1. The average molecular weight is 537 g/mol. The van der Waals surface area contributed by atoms with Crippen LogP contribution in [0.3, 0.4) is 0 Å². The molecule has 1 saturated heterocycles. The first kappa shape index (κ1) is 26.0. The molecule has 1 fully saturated rings. The van der Waals surface area contributed by atoms with Gasteiger partial charge in [0.1, 0.15) is 5.75 Å². The predicted octanol–water partition coefficient (Wildman–Crippen LogP) is 2.71. The fourth-order valence-electron chi connectivity index (χ4n) is 5.21. The summed E-state index contributed by atoms with van der Waals surface area (Å²) in [5.74, 6) is -1.91. The number of amides is 2. The van der Waals surface area contributed by atoms with Crippen LogP contribution in [0.5, 0.6) is 5.75 Å². The molecule has 11 heteroatoms. The van der Waals surface area contributed by atoms with E-state index in [4.69, 9.17) is 10.5 Å². The minimum absolute atomic E-state index is 0.273. The Morgan fingerprint density at radius 3 is 2.82 bits per heavy atom. The number of thioether (sulfide) groups is 1. The monoisotopic (exact) mass is 536 g/mol. The third kappa shape index (κ3) is 5.04. The Labute approximate surface area is 223 Å². The van der Waals surface area contributed by atoms with Gasteiger partial charge in [0.05, 0.1) is 30.3 Å². The molecule has 198 valence electrons. The largest absolute Gasteiger partial charge is 0.497 e. The number of carboxylic acids is 1. The molecule has 0 bridgehead atoms. The molecule has 5 N–H and O–H groups in total. The van der Waals surface area contributed by atoms with E-state index in [1.165, 1.54) is 0 Å². The van der Waals surface area contributed by atoms with Gasteiger partial charge in [-0.05, 0) is 66.9 Å². The van der Waals surface area contributed by atoms with Crippen LogP contribution in [-0.4, -0.2) is 63.3 Å². The van der Waals surface area contributed by atoms with Crippen LogP contribution in [0.2, 0.25) is 0 Å². The zero-order valence-corrected chi connectivity index (χ0v) is 21.5. The number of hydrogen-bond acceptors (Lipinski definition) is 8. The van der Waals surface area contributed by atoms with Crippen LogP contribution in [0.15, 0.2) is 53.6 Å². The number of aliphatic hydroxyl groups excluding tert-OH is 1. The summed E-state index contributed by atoms with van der Waals surface area (Å²) in [5.41, 5.74) is 8.17. The quantitative estimate of drug-likeness (QED) is 0.334. The van der Waals surface area contributed by atoms with Gasteiger partial charge >= 0.3 is 5.97 Å². The van der Waals surface area contributed by atoms with Crippen molar-refractivity contribution in [2.75, 3.05) is 25.5 Å². The number of nitrogens with zero attached hydrogens (tertiary/aromatic N) is 2. The summed E-state index contributed by atoms with van der Waals surface area (Å²) in [7, 11) is 1.58. The number of β-amino-alcohol motifs (C(OH)–C–C–N with tert-alkyl or cyclic N) is 1. The number of anilines is 1. The van der Waals surface area contributed by atoms with Crippen molar-refractivity contribution in [3.63, 3.8) is 0 Å². The highest BCUT2D eigenvalue weighted by molar-refractivity contribution is 8.01. The van der Waals surface area contributed by atoms with Gasteiger partial charge in [-0.15, -0.1) is 11.8 Å². The van der Waals surface area contributed by atoms with Crippen LogP contribution in [0, 0.1) is 5.92 Å². The van der Waals surface area contributed by atoms with Crippen molar-refractivity contribution in [2.45, 2.75) is 35.1 Å². The number of nitrogens with one attached hydrogen (secondary N) is 1. The van der Waals surface area contributed by atoms with Crippen LogP contribution in [0.1, 0.15) is 36.1 Å². The van der Waals surface area contributed by atoms with Gasteiger partial charge in [0, 0.05) is 29.1 Å². The topological polar surface area (TPSA) is 155 Å². The van der Waals surface area contributed by atoms with E-state index in [0.29, 0.717) is 41.3 Å². The minimum atomic E-state index is -1.00. The highest BCUT2D eigenvalue weighted by atomic mass is 32.2. The Bertz CT molecular complexity index is 1420. The molecule has 3 aromatic rings. The Balaban J connectivity index is 1.44. The fourth-order valence-corrected chi connectivity index (χ4v) is 6.13. The van der Waals surface area contributed by atoms with Crippen LogP contribution in [0.4, 0.5) is 5.69 Å². The molecule has 1 aromatic heterocycles. The molecule has 0 aliphatic carbocycles. The number of aliphatic carboxylic acids is 1. The summed E-state index contributed by atoms with van der Waals surface area (Å²) < 4.78 is 5.36. The Morgan fingerprint density at radius 1 is 1.26 bits per heavy atom. The van der Waals surface area contributed by atoms with Crippen LogP contribution < -0.4 is 15.8 Å². The molecule has 2 aliphatic rings. The van der Waals surface area contributed by atoms with Crippen molar-refractivity contribution in [1.29, 1.82) is 0 Å². The molecule has 2 aliphatic heterocycles. The number of carbonyl (C=O) groups is 3. The zero-order chi connectivity index (χ0) is 27.0. The highest BCUT2D eigenvalue weighted by Crippen LogP contribution is 2.41. The summed E-state index contributed by atoms with van der Waals surface area (Å²) in [6.45, 7) is 0.752. The van der Waals surface area contributed by atoms with Crippen LogP contribution in [0.25, 0.3) is 10.9 Å². The number of likely N-dealkylation sites (tertiary alicyclic amines) is 1. The van der Waals surface area contributed by atoms with Crippen molar-refractivity contribution >= 4 is 46.1 Å². The molecule has 0 saturated carbocycles. The maximum atomic E-state index is 12.4. The number of pyridine rings is 1. The van der Waals surface area contributed by atoms with Crippen LogP contribution >= 0.6 is 11.8 Å². The number of ether oxygens (including phenoxy) is 1. The van der Waals surface area contributed by atoms with E-state index in [1.807, 2.05) is 36.4 Å². The van der Waals surface area contributed by atoms with Gasteiger partial charge in [0.2, 0.25) is 11.8 Å². The van der Waals surface area contributed by atoms with Gasteiger partial charge in [0.15, 0.2) is 5.25 Å². The molecule has 3 unspecified atom stereocenters.